The summed E-state index contributed by atoms with van der Waals surface area (Å²) in [5.41, 5.74) is 5.12. The molecule has 1 amide bonds. The third-order valence-corrected chi connectivity index (χ3v) is 9.12. The lowest BCUT2D eigenvalue weighted by Crippen LogP contribution is -2.42. The molecule has 0 aliphatic carbocycles. The van der Waals surface area contributed by atoms with Crippen molar-refractivity contribution in [1.82, 2.24) is 10.2 Å². The first-order valence-electron chi connectivity index (χ1n) is 14.8. The maximum Gasteiger partial charge on any atom is 0.326 e. The molecule has 1 saturated heterocycles. The van der Waals surface area contributed by atoms with E-state index in [0.717, 1.165) is 47.9 Å². The minimum absolute atomic E-state index is 0.209. The van der Waals surface area contributed by atoms with Crippen LogP contribution in [0.25, 0.3) is 11.1 Å². The summed E-state index contributed by atoms with van der Waals surface area (Å²) in [5.74, 6) is -1.57. The van der Waals surface area contributed by atoms with Gasteiger partial charge < -0.3 is 15.2 Å². The van der Waals surface area contributed by atoms with E-state index in [1.165, 1.54) is 0 Å². The van der Waals surface area contributed by atoms with E-state index in [9.17, 15) is 23.1 Å². The molecule has 0 spiro atoms. The Balaban J connectivity index is 1.56. The SMILES string of the molecule is CCC1C[C@@H](COCc2ccccc2)N(Cc2ccc(C(=O)N[C@@H](CCS(C)(=O)=O)C(=O)O)c(-c3ccccc3C)c2)C1. The lowest BCUT2D eigenvalue weighted by atomic mass is 9.93. The Morgan fingerprint density at radius 1 is 1.02 bits per heavy atom. The predicted molar refractivity (Wildman–Crippen MR) is 169 cm³/mol. The molecule has 1 unspecified atom stereocenters. The fraction of sp³-hybridized carbons (Fsp3) is 0.412. The van der Waals surface area contributed by atoms with E-state index in [1.54, 1.807) is 6.07 Å². The number of aryl methyl sites for hydroxylation is 1. The van der Waals surface area contributed by atoms with E-state index in [0.29, 0.717) is 36.8 Å². The molecule has 3 aromatic carbocycles. The average molecular weight is 607 g/mol. The Kier molecular flexibility index (Phi) is 11.1. The van der Waals surface area contributed by atoms with Gasteiger partial charge in [0.1, 0.15) is 15.9 Å². The van der Waals surface area contributed by atoms with Crippen molar-refractivity contribution < 1.29 is 27.9 Å². The Hall–Kier alpha value is -3.53. The molecule has 230 valence electrons. The largest absolute Gasteiger partial charge is 0.480 e. The van der Waals surface area contributed by atoms with Gasteiger partial charge in [0.25, 0.3) is 5.91 Å². The number of rotatable bonds is 14. The number of aliphatic carboxylic acids is 1. The standard InChI is InChI=1S/C34H42N2O6S/c1-4-25-18-28(23-42-22-26-11-6-5-7-12-26)36(20-25)21-27-14-15-30(31(19-27)29-13-9-8-10-24(29)2)33(37)35-32(34(38)39)16-17-43(3,40)41/h5-15,19,25,28,32H,4,16-18,20-23H2,1-3H3,(H,35,37)(H,38,39)/t25?,28-,32-/m0/s1. The maximum absolute atomic E-state index is 13.5. The molecule has 9 heteroatoms. The number of carbonyl (C=O) groups excluding carboxylic acids is 1. The lowest BCUT2D eigenvalue weighted by molar-refractivity contribution is -0.139. The predicted octanol–water partition coefficient (Wildman–Crippen LogP) is 5.10. The van der Waals surface area contributed by atoms with Crippen molar-refractivity contribution in [2.45, 2.75) is 58.3 Å². The second kappa shape index (κ2) is 14.8. The highest BCUT2D eigenvalue weighted by Gasteiger charge is 2.31. The summed E-state index contributed by atoms with van der Waals surface area (Å²) in [5, 5.41) is 12.2. The topological polar surface area (TPSA) is 113 Å². The number of benzene rings is 3. The van der Waals surface area contributed by atoms with Crippen LogP contribution in [0.3, 0.4) is 0 Å². The van der Waals surface area contributed by atoms with Crippen LogP contribution >= 0.6 is 0 Å². The van der Waals surface area contributed by atoms with Gasteiger partial charge in [-0.15, -0.1) is 0 Å². The molecule has 43 heavy (non-hydrogen) atoms. The number of likely N-dealkylation sites (tertiary alicyclic amines) is 1. The summed E-state index contributed by atoms with van der Waals surface area (Å²) in [6, 6.07) is 22.6. The van der Waals surface area contributed by atoms with Crippen molar-refractivity contribution in [2.75, 3.05) is 25.2 Å². The maximum atomic E-state index is 13.5. The number of carbonyl (C=O) groups is 2. The van der Waals surface area contributed by atoms with E-state index in [2.05, 4.69) is 29.3 Å². The molecule has 1 fully saturated rings. The van der Waals surface area contributed by atoms with Gasteiger partial charge in [-0.25, -0.2) is 13.2 Å². The Bertz CT molecular complexity index is 1510. The van der Waals surface area contributed by atoms with Crippen molar-refractivity contribution in [3.05, 3.63) is 95.1 Å². The number of hydrogen-bond acceptors (Lipinski definition) is 6. The molecule has 0 saturated carbocycles. The summed E-state index contributed by atoms with van der Waals surface area (Å²) in [7, 11) is -3.39. The zero-order valence-corrected chi connectivity index (χ0v) is 26.0. The number of carboxylic acid groups (broad SMARTS) is 1. The van der Waals surface area contributed by atoms with Gasteiger partial charge >= 0.3 is 5.97 Å². The van der Waals surface area contributed by atoms with Gasteiger partial charge in [-0.2, -0.15) is 0 Å². The van der Waals surface area contributed by atoms with Crippen LogP contribution in [0.2, 0.25) is 0 Å². The summed E-state index contributed by atoms with van der Waals surface area (Å²) in [4.78, 5) is 27.8. The lowest BCUT2D eigenvalue weighted by Gasteiger charge is -2.25. The number of carboxylic acids is 1. The fourth-order valence-electron chi connectivity index (χ4n) is 5.68. The summed E-state index contributed by atoms with van der Waals surface area (Å²) < 4.78 is 29.4. The van der Waals surface area contributed by atoms with Crippen LogP contribution in [0.1, 0.15) is 53.2 Å². The number of amides is 1. The summed E-state index contributed by atoms with van der Waals surface area (Å²) >= 11 is 0. The number of ether oxygens (including phenoxy) is 1. The van der Waals surface area contributed by atoms with Gasteiger partial charge in [-0.1, -0.05) is 74.0 Å². The molecule has 1 heterocycles. The van der Waals surface area contributed by atoms with E-state index < -0.39 is 27.8 Å². The van der Waals surface area contributed by atoms with Gasteiger partial charge in [-0.3, -0.25) is 9.69 Å². The van der Waals surface area contributed by atoms with Crippen molar-refractivity contribution in [2.24, 2.45) is 5.92 Å². The monoisotopic (exact) mass is 606 g/mol. The fourth-order valence-corrected chi connectivity index (χ4v) is 6.35. The van der Waals surface area contributed by atoms with Gasteiger partial charge in [0, 0.05) is 31.0 Å². The first-order valence-corrected chi connectivity index (χ1v) is 16.9. The summed E-state index contributed by atoms with van der Waals surface area (Å²) in [6.07, 6.45) is 3.01. The second-order valence-electron chi connectivity index (χ2n) is 11.6. The van der Waals surface area contributed by atoms with Gasteiger partial charge in [-0.05, 0) is 65.6 Å². The molecular formula is C34H42N2O6S. The first-order chi connectivity index (χ1) is 20.5. The first kappa shape index (κ1) is 32.4. The van der Waals surface area contributed by atoms with Crippen molar-refractivity contribution in [1.29, 1.82) is 0 Å². The Morgan fingerprint density at radius 3 is 2.42 bits per heavy atom. The van der Waals surface area contributed by atoms with Crippen LogP contribution in [-0.2, 0) is 32.5 Å². The quantitative estimate of drug-likeness (QED) is 0.263. The smallest absolute Gasteiger partial charge is 0.326 e. The van der Waals surface area contributed by atoms with Crippen molar-refractivity contribution >= 4 is 21.7 Å². The molecule has 3 aromatic rings. The van der Waals surface area contributed by atoms with E-state index in [-0.39, 0.29) is 18.2 Å². The second-order valence-corrected chi connectivity index (χ2v) is 13.8. The average Bonchev–Trinajstić information content (AvgIpc) is 3.36. The Labute approximate surface area is 255 Å². The highest BCUT2D eigenvalue weighted by Crippen LogP contribution is 2.31. The number of nitrogens with zero attached hydrogens (tertiary/aromatic N) is 1. The molecule has 0 bridgehead atoms. The van der Waals surface area contributed by atoms with Crippen LogP contribution in [0, 0.1) is 12.8 Å². The molecule has 0 aromatic heterocycles. The van der Waals surface area contributed by atoms with E-state index in [4.69, 9.17) is 4.74 Å². The van der Waals surface area contributed by atoms with Crippen LogP contribution in [-0.4, -0.2) is 67.5 Å². The molecule has 4 rings (SSSR count). The van der Waals surface area contributed by atoms with Crippen LogP contribution in [0.15, 0.2) is 72.8 Å². The van der Waals surface area contributed by atoms with Crippen LogP contribution in [0.4, 0.5) is 0 Å². The normalized spacial score (nSPS) is 17.9. The van der Waals surface area contributed by atoms with Crippen LogP contribution in [0.5, 0.6) is 0 Å². The van der Waals surface area contributed by atoms with Gasteiger partial charge in [0.05, 0.1) is 19.0 Å². The van der Waals surface area contributed by atoms with Crippen molar-refractivity contribution in [3.63, 3.8) is 0 Å². The third kappa shape index (κ3) is 9.23. The van der Waals surface area contributed by atoms with Gasteiger partial charge in [0.2, 0.25) is 0 Å². The van der Waals surface area contributed by atoms with E-state index in [1.807, 2.05) is 61.5 Å². The molecule has 8 nitrogen and oxygen atoms in total. The van der Waals surface area contributed by atoms with Crippen molar-refractivity contribution in [3.8, 4) is 11.1 Å². The summed E-state index contributed by atoms with van der Waals surface area (Å²) in [6.45, 7) is 7.08. The number of nitrogens with one attached hydrogen (secondary N) is 1. The minimum atomic E-state index is -3.39. The molecule has 0 radical (unpaired) electrons. The highest BCUT2D eigenvalue weighted by atomic mass is 32.2. The highest BCUT2D eigenvalue weighted by molar-refractivity contribution is 7.90. The molecule has 1 aliphatic heterocycles. The minimum Gasteiger partial charge on any atom is -0.480 e. The third-order valence-electron chi connectivity index (χ3n) is 8.14. The molecule has 2 N–H and O–H groups in total. The number of hydrogen-bond donors (Lipinski definition) is 2. The molecular weight excluding hydrogens is 564 g/mol. The van der Waals surface area contributed by atoms with Gasteiger partial charge in [0.15, 0.2) is 0 Å². The van der Waals surface area contributed by atoms with E-state index >= 15 is 0 Å². The molecule has 3 atom stereocenters. The zero-order valence-electron chi connectivity index (χ0n) is 25.2. The Morgan fingerprint density at radius 2 is 1.74 bits per heavy atom. The zero-order chi connectivity index (χ0) is 31.0. The van der Waals surface area contributed by atoms with Crippen LogP contribution < -0.4 is 5.32 Å². The number of sulfone groups is 1. The molecule has 1 aliphatic rings.